The van der Waals surface area contributed by atoms with Crippen molar-refractivity contribution >= 4 is 5.91 Å². The van der Waals surface area contributed by atoms with Crippen LogP contribution < -0.4 is 10.6 Å². The molecule has 3 nitrogen and oxygen atoms in total. The van der Waals surface area contributed by atoms with Gasteiger partial charge in [0.05, 0.1) is 0 Å². The van der Waals surface area contributed by atoms with Crippen LogP contribution in [0, 0.1) is 23.7 Å². The summed E-state index contributed by atoms with van der Waals surface area (Å²) >= 11 is 0. The van der Waals surface area contributed by atoms with Gasteiger partial charge in [0.1, 0.15) is 0 Å². The van der Waals surface area contributed by atoms with Crippen LogP contribution >= 0.6 is 0 Å². The minimum Gasteiger partial charge on any atom is -0.356 e. The van der Waals surface area contributed by atoms with E-state index in [2.05, 4.69) is 10.6 Å². The molecule has 1 aliphatic heterocycles. The maximum atomic E-state index is 12.1. The number of hydrogen-bond acceptors (Lipinski definition) is 2. The van der Waals surface area contributed by atoms with Crippen LogP contribution in [0.5, 0.6) is 0 Å². The van der Waals surface area contributed by atoms with Gasteiger partial charge in [-0.25, -0.2) is 0 Å². The SMILES string of the molecule is O=C(NCCC1CCCNC1)C1C2CCCCC21. The molecule has 3 unspecified atom stereocenters. The van der Waals surface area contributed by atoms with Crippen molar-refractivity contribution in [1.29, 1.82) is 0 Å². The number of rotatable bonds is 4. The van der Waals surface area contributed by atoms with Crippen LogP contribution in [0.15, 0.2) is 0 Å². The molecule has 3 aliphatic rings. The first-order valence-corrected chi connectivity index (χ1v) is 7.84. The van der Waals surface area contributed by atoms with Gasteiger partial charge < -0.3 is 10.6 Å². The van der Waals surface area contributed by atoms with Crippen LogP contribution in [0.2, 0.25) is 0 Å². The molecule has 18 heavy (non-hydrogen) atoms. The lowest BCUT2D eigenvalue weighted by Crippen LogP contribution is -2.33. The molecule has 2 saturated carbocycles. The Morgan fingerprint density at radius 1 is 1.11 bits per heavy atom. The molecule has 3 rings (SSSR count). The molecule has 0 aromatic carbocycles. The zero-order chi connectivity index (χ0) is 12.4. The fourth-order valence-electron chi connectivity index (χ4n) is 4.07. The van der Waals surface area contributed by atoms with Gasteiger partial charge in [-0.3, -0.25) is 4.79 Å². The second-order valence-corrected chi connectivity index (χ2v) is 6.43. The van der Waals surface area contributed by atoms with Crippen LogP contribution in [-0.4, -0.2) is 25.5 Å². The van der Waals surface area contributed by atoms with Gasteiger partial charge in [0, 0.05) is 12.5 Å². The Balaban J connectivity index is 1.34. The van der Waals surface area contributed by atoms with E-state index in [4.69, 9.17) is 0 Å². The Kier molecular flexibility index (Phi) is 3.88. The summed E-state index contributed by atoms with van der Waals surface area (Å²) in [6, 6.07) is 0. The third kappa shape index (κ3) is 2.71. The maximum Gasteiger partial charge on any atom is 0.223 e. The van der Waals surface area contributed by atoms with E-state index in [1.54, 1.807) is 0 Å². The van der Waals surface area contributed by atoms with E-state index in [1.165, 1.54) is 45.1 Å². The first-order chi connectivity index (χ1) is 8.86. The van der Waals surface area contributed by atoms with Gasteiger partial charge >= 0.3 is 0 Å². The van der Waals surface area contributed by atoms with Gasteiger partial charge in [-0.05, 0) is 62.9 Å². The zero-order valence-corrected chi connectivity index (χ0v) is 11.3. The molecule has 0 bridgehead atoms. The number of carbonyl (C=O) groups is 1. The van der Waals surface area contributed by atoms with Gasteiger partial charge in [-0.15, -0.1) is 0 Å². The number of piperidine rings is 1. The highest BCUT2D eigenvalue weighted by molar-refractivity contribution is 5.82. The van der Waals surface area contributed by atoms with E-state index >= 15 is 0 Å². The van der Waals surface area contributed by atoms with E-state index in [1.807, 2.05) is 0 Å². The van der Waals surface area contributed by atoms with Gasteiger partial charge in [-0.1, -0.05) is 12.8 Å². The van der Waals surface area contributed by atoms with Crippen LogP contribution in [-0.2, 0) is 4.79 Å². The highest BCUT2D eigenvalue weighted by Gasteiger charge is 2.54. The Morgan fingerprint density at radius 3 is 2.56 bits per heavy atom. The van der Waals surface area contributed by atoms with Crippen molar-refractivity contribution in [3.63, 3.8) is 0 Å². The van der Waals surface area contributed by atoms with Gasteiger partial charge in [0.2, 0.25) is 5.91 Å². The Labute approximate surface area is 110 Å². The number of carbonyl (C=O) groups excluding carboxylic acids is 1. The second kappa shape index (κ2) is 5.60. The van der Waals surface area contributed by atoms with Gasteiger partial charge in [-0.2, -0.15) is 0 Å². The molecule has 1 amide bonds. The molecule has 3 atom stereocenters. The summed E-state index contributed by atoms with van der Waals surface area (Å²) in [5.74, 6) is 3.01. The quantitative estimate of drug-likeness (QED) is 0.800. The minimum absolute atomic E-state index is 0.357. The molecule has 1 saturated heterocycles. The van der Waals surface area contributed by atoms with E-state index in [-0.39, 0.29) is 0 Å². The summed E-state index contributed by atoms with van der Waals surface area (Å²) in [4.78, 5) is 12.1. The molecule has 0 aromatic heterocycles. The lowest BCUT2D eigenvalue weighted by atomic mass is 9.96. The summed E-state index contributed by atoms with van der Waals surface area (Å²) in [6.45, 7) is 3.21. The first-order valence-electron chi connectivity index (χ1n) is 7.84. The highest BCUT2D eigenvalue weighted by atomic mass is 16.2. The predicted octanol–water partition coefficient (Wildman–Crippen LogP) is 1.93. The zero-order valence-electron chi connectivity index (χ0n) is 11.3. The monoisotopic (exact) mass is 250 g/mol. The first kappa shape index (κ1) is 12.5. The average molecular weight is 250 g/mol. The van der Waals surface area contributed by atoms with Crippen LogP contribution in [0.1, 0.15) is 44.9 Å². The van der Waals surface area contributed by atoms with E-state index < -0.39 is 0 Å². The Hall–Kier alpha value is -0.570. The fraction of sp³-hybridized carbons (Fsp3) is 0.933. The molecule has 0 aromatic rings. The van der Waals surface area contributed by atoms with Crippen LogP contribution in [0.4, 0.5) is 0 Å². The summed E-state index contributed by atoms with van der Waals surface area (Å²) in [5, 5.41) is 6.62. The summed E-state index contributed by atoms with van der Waals surface area (Å²) < 4.78 is 0. The highest BCUT2D eigenvalue weighted by Crippen LogP contribution is 2.55. The Bertz CT molecular complexity index is 287. The molecule has 3 fully saturated rings. The van der Waals surface area contributed by atoms with E-state index in [9.17, 15) is 4.79 Å². The average Bonchev–Trinajstić information content (AvgIpc) is 3.14. The number of amides is 1. The lowest BCUT2D eigenvalue weighted by Gasteiger charge is -2.22. The van der Waals surface area contributed by atoms with Crippen molar-refractivity contribution in [1.82, 2.24) is 10.6 Å². The molecule has 102 valence electrons. The molecule has 0 spiro atoms. The van der Waals surface area contributed by atoms with E-state index in [0.29, 0.717) is 11.8 Å². The molecule has 2 aliphatic carbocycles. The summed E-state index contributed by atoms with van der Waals surface area (Å²) in [7, 11) is 0. The normalized spacial score (nSPS) is 38.9. The molecule has 2 N–H and O–H groups in total. The van der Waals surface area contributed by atoms with Crippen LogP contribution in [0.3, 0.4) is 0 Å². The molecule has 1 heterocycles. The Morgan fingerprint density at radius 2 is 1.89 bits per heavy atom. The topological polar surface area (TPSA) is 41.1 Å². The second-order valence-electron chi connectivity index (χ2n) is 6.43. The minimum atomic E-state index is 0.357. The lowest BCUT2D eigenvalue weighted by molar-refractivity contribution is -0.122. The van der Waals surface area contributed by atoms with Crippen molar-refractivity contribution < 1.29 is 4.79 Å². The van der Waals surface area contributed by atoms with E-state index in [0.717, 1.165) is 37.3 Å². The molecular formula is C15H26N2O. The third-order valence-corrected chi connectivity index (χ3v) is 5.21. The predicted molar refractivity (Wildman–Crippen MR) is 72.2 cm³/mol. The van der Waals surface area contributed by atoms with Gasteiger partial charge in [0.15, 0.2) is 0 Å². The van der Waals surface area contributed by atoms with Crippen molar-refractivity contribution in [3.8, 4) is 0 Å². The van der Waals surface area contributed by atoms with Crippen LogP contribution in [0.25, 0.3) is 0 Å². The number of nitrogens with one attached hydrogen (secondary N) is 2. The van der Waals surface area contributed by atoms with Crippen molar-refractivity contribution in [2.24, 2.45) is 23.7 Å². The van der Waals surface area contributed by atoms with Gasteiger partial charge in [0.25, 0.3) is 0 Å². The van der Waals surface area contributed by atoms with Crippen molar-refractivity contribution in [3.05, 3.63) is 0 Å². The molecule has 3 heteroatoms. The molecule has 0 radical (unpaired) electrons. The standard InChI is InChI=1S/C15H26N2O/c18-15(14-12-5-1-2-6-13(12)14)17-9-7-11-4-3-8-16-10-11/h11-14,16H,1-10H2,(H,17,18). The molecular weight excluding hydrogens is 224 g/mol. The summed E-state index contributed by atoms with van der Waals surface area (Å²) in [5.41, 5.74) is 0. The number of fused-ring (bicyclic) bond motifs is 1. The number of hydrogen-bond donors (Lipinski definition) is 2. The largest absolute Gasteiger partial charge is 0.356 e. The third-order valence-electron chi connectivity index (χ3n) is 5.21. The fourth-order valence-corrected chi connectivity index (χ4v) is 4.07. The smallest absolute Gasteiger partial charge is 0.223 e. The summed E-state index contributed by atoms with van der Waals surface area (Å²) in [6.07, 6.45) is 9.08. The van der Waals surface area contributed by atoms with Crippen molar-refractivity contribution in [2.45, 2.75) is 44.9 Å². The maximum absolute atomic E-state index is 12.1. The van der Waals surface area contributed by atoms with Crippen molar-refractivity contribution in [2.75, 3.05) is 19.6 Å².